The fourth-order valence-electron chi connectivity index (χ4n) is 8.25. The number of hydrogen-bond acceptors (Lipinski definition) is 6. The second-order valence-corrected chi connectivity index (χ2v) is 13.3. The first-order valence-corrected chi connectivity index (χ1v) is 16.0. The number of nitrogens with one attached hydrogen (secondary N) is 1. The number of alkyl halides is 1. The predicted molar refractivity (Wildman–Crippen MR) is 168 cm³/mol. The van der Waals surface area contributed by atoms with Gasteiger partial charge in [-0.2, -0.15) is 9.97 Å². The molecule has 0 spiro atoms. The van der Waals surface area contributed by atoms with Crippen molar-refractivity contribution in [3.05, 3.63) is 58.9 Å². The van der Waals surface area contributed by atoms with Gasteiger partial charge < -0.3 is 15.0 Å². The second-order valence-electron chi connectivity index (χ2n) is 12.9. The molecule has 0 saturated carbocycles. The molecule has 0 aliphatic carbocycles. The van der Waals surface area contributed by atoms with Crippen LogP contribution < -0.4 is 15.0 Å². The summed E-state index contributed by atoms with van der Waals surface area (Å²) in [5, 5.41) is 6.63. The topological polar surface area (TPSA) is 53.5 Å². The van der Waals surface area contributed by atoms with Crippen LogP contribution in [0.2, 0.25) is 5.02 Å². The lowest BCUT2D eigenvalue weighted by Gasteiger charge is -2.34. The van der Waals surface area contributed by atoms with E-state index in [1.165, 1.54) is 0 Å². The molecular formula is C34H36ClF2N5O. The van der Waals surface area contributed by atoms with Crippen LogP contribution in [0, 0.1) is 5.82 Å². The minimum absolute atomic E-state index is 0.135. The van der Waals surface area contributed by atoms with Gasteiger partial charge in [-0.1, -0.05) is 54.9 Å². The Balaban J connectivity index is 1.28. The molecule has 0 amide bonds. The first-order chi connectivity index (χ1) is 20.9. The zero-order chi connectivity index (χ0) is 29.3. The van der Waals surface area contributed by atoms with Gasteiger partial charge in [0.15, 0.2) is 5.82 Å². The van der Waals surface area contributed by atoms with Crippen LogP contribution >= 0.6 is 11.6 Å². The van der Waals surface area contributed by atoms with Crippen LogP contribution in [0.4, 0.5) is 14.6 Å². The number of aryl methyl sites for hydroxylation is 1. The smallest absolute Gasteiger partial charge is 0.319 e. The number of piperazine rings is 1. The molecule has 3 aromatic carbocycles. The lowest BCUT2D eigenvalue weighted by molar-refractivity contribution is 0.107. The van der Waals surface area contributed by atoms with E-state index < -0.39 is 12.0 Å². The molecule has 9 heteroatoms. The summed E-state index contributed by atoms with van der Waals surface area (Å²) in [5.74, 6) is 0.173. The summed E-state index contributed by atoms with van der Waals surface area (Å²) >= 11 is 6.98. The van der Waals surface area contributed by atoms with Crippen LogP contribution in [0.15, 0.2) is 42.5 Å². The van der Waals surface area contributed by atoms with Gasteiger partial charge in [-0.25, -0.2) is 8.78 Å². The molecule has 4 aromatic rings. The third-order valence-electron chi connectivity index (χ3n) is 10.2. The van der Waals surface area contributed by atoms with Crippen LogP contribution in [-0.4, -0.2) is 71.4 Å². The van der Waals surface area contributed by atoms with Crippen molar-refractivity contribution >= 4 is 39.1 Å². The largest absolute Gasteiger partial charge is 0.461 e. The third-order valence-corrected chi connectivity index (χ3v) is 10.5. The van der Waals surface area contributed by atoms with Crippen LogP contribution in [-0.2, 0) is 6.42 Å². The Morgan fingerprint density at radius 3 is 2.67 bits per heavy atom. The van der Waals surface area contributed by atoms with E-state index in [0.717, 1.165) is 73.6 Å². The highest BCUT2D eigenvalue weighted by molar-refractivity contribution is 6.35. The highest BCUT2D eigenvalue weighted by atomic mass is 35.5. The molecule has 4 atom stereocenters. The Labute approximate surface area is 255 Å². The molecule has 1 aromatic heterocycles. The zero-order valence-electron chi connectivity index (χ0n) is 24.4. The van der Waals surface area contributed by atoms with Crippen molar-refractivity contribution in [1.29, 1.82) is 0 Å². The standard InChI is InChI=1S/C34H36ClF2N5O/c1-2-20-6-3-7-21-8-4-9-25(28(20)21)29-27(35)14-26-31(30(29)37)39-33(40-32(26)41-17-23-10-11-24(18-41)38-23)43-19-34-12-5-13-42(34)16-22(36)15-34/h3-4,6-9,14,22-24,38H,2,5,10-13,15-19H2,1H3/t22-,23-,24+,34+/m1/s1. The van der Waals surface area contributed by atoms with Gasteiger partial charge in [0.1, 0.15) is 24.1 Å². The third kappa shape index (κ3) is 4.56. The summed E-state index contributed by atoms with van der Waals surface area (Å²) < 4.78 is 37.7. The summed E-state index contributed by atoms with van der Waals surface area (Å²) in [7, 11) is 0. The number of nitrogens with zero attached hydrogens (tertiary/aromatic N) is 4. The molecule has 43 heavy (non-hydrogen) atoms. The molecule has 4 saturated heterocycles. The molecule has 8 rings (SSSR count). The lowest BCUT2D eigenvalue weighted by Crippen LogP contribution is -2.51. The van der Waals surface area contributed by atoms with Gasteiger partial charge >= 0.3 is 6.01 Å². The van der Waals surface area contributed by atoms with Crippen molar-refractivity contribution in [2.24, 2.45) is 0 Å². The zero-order valence-corrected chi connectivity index (χ0v) is 25.1. The maximum absolute atomic E-state index is 17.0. The average Bonchev–Trinajstić information content (AvgIpc) is 3.65. The first-order valence-electron chi connectivity index (χ1n) is 15.7. The number of hydrogen-bond donors (Lipinski definition) is 1. The highest BCUT2D eigenvalue weighted by Crippen LogP contribution is 2.44. The van der Waals surface area contributed by atoms with Gasteiger partial charge in [0.05, 0.1) is 10.6 Å². The number of halogens is 3. The average molecular weight is 604 g/mol. The Morgan fingerprint density at radius 1 is 1.09 bits per heavy atom. The van der Waals surface area contributed by atoms with Crippen LogP contribution in [0.5, 0.6) is 6.01 Å². The summed E-state index contributed by atoms with van der Waals surface area (Å²) in [5.41, 5.74) is 2.08. The SMILES string of the molecule is CCc1cccc2cccc(-c3c(Cl)cc4c(N5C[C@H]6CC[C@@H](C5)N6)nc(OC[C@@]56CCCN5C[C@H](F)C6)nc4c3F)c12. The van der Waals surface area contributed by atoms with Crippen LogP contribution in [0.3, 0.4) is 0 Å². The fourth-order valence-corrected chi connectivity index (χ4v) is 8.55. The number of ether oxygens (including phenoxy) is 1. The van der Waals surface area contributed by atoms with Crippen molar-refractivity contribution in [2.45, 2.75) is 69.2 Å². The second kappa shape index (κ2) is 10.5. The number of aromatic nitrogens is 2. The molecule has 2 bridgehead atoms. The first kappa shape index (κ1) is 27.5. The summed E-state index contributed by atoms with van der Waals surface area (Å²) in [6, 6.07) is 14.8. The minimum atomic E-state index is -0.857. The van der Waals surface area contributed by atoms with E-state index in [2.05, 4.69) is 28.1 Å². The van der Waals surface area contributed by atoms with Gasteiger partial charge in [-0.3, -0.25) is 4.90 Å². The van der Waals surface area contributed by atoms with Crippen LogP contribution in [0.25, 0.3) is 32.8 Å². The molecule has 6 nitrogen and oxygen atoms in total. The Hall–Kier alpha value is -3.07. The highest BCUT2D eigenvalue weighted by Gasteiger charge is 2.49. The Kier molecular flexibility index (Phi) is 6.73. The lowest BCUT2D eigenvalue weighted by atomic mass is 9.92. The van der Waals surface area contributed by atoms with E-state index in [1.54, 1.807) is 0 Å². The molecule has 4 aliphatic heterocycles. The van der Waals surface area contributed by atoms with Gasteiger partial charge in [0.25, 0.3) is 0 Å². The molecule has 0 unspecified atom stereocenters. The van der Waals surface area contributed by atoms with E-state index in [-0.39, 0.29) is 23.7 Å². The predicted octanol–water partition coefficient (Wildman–Crippen LogP) is 6.70. The normalized spacial score (nSPS) is 27.0. The van der Waals surface area contributed by atoms with Crippen molar-refractivity contribution in [3.63, 3.8) is 0 Å². The summed E-state index contributed by atoms with van der Waals surface area (Å²) in [4.78, 5) is 14.0. The van der Waals surface area contributed by atoms with Crippen molar-refractivity contribution in [1.82, 2.24) is 20.2 Å². The van der Waals surface area contributed by atoms with Gasteiger partial charge in [-0.15, -0.1) is 0 Å². The fraction of sp³-hybridized carbons (Fsp3) is 0.471. The van der Waals surface area contributed by atoms with E-state index in [1.807, 2.05) is 36.4 Å². The number of fused-ring (bicyclic) bond motifs is 5. The minimum Gasteiger partial charge on any atom is -0.461 e. The molecule has 1 N–H and O–H groups in total. The molecule has 224 valence electrons. The quantitative estimate of drug-likeness (QED) is 0.265. The molecule has 0 radical (unpaired) electrons. The van der Waals surface area contributed by atoms with Crippen molar-refractivity contribution in [2.75, 3.05) is 37.7 Å². The van der Waals surface area contributed by atoms with Crippen molar-refractivity contribution < 1.29 is 13.5 Å². The van der Waals surface area contributed by atoms with E-state index in [4.69, 9.17) is 26.3 Å². The Bertz CT molecular complexity index is 1720. The molecule has 4 aliphatic rings. The Morgan fingerprint density at radius 2 is 1.88 bits per heavy atom. The van der Waals surface area contributed by atoms with E-state index in [9.17, 15) is 4.39 Å². The van der Waals surface area contributed by atoms with Crippen molar-refractivity contribution in [3.8, 4) is 17.1 Å². The summed E-state index contributed by atoms with van der Waals surface area (Å²) in [6.07, 6.45) is 4.52. The number of rotatable bonds is 6. The summed E-state index contributed by atoms with van der Waals surface area (Å²) in [6.45, 7) is 5.25. The molecular weight excluding hydrogens is 568 g/mol. The molecule has 5 heterocycles. The van der Waals surface area contributed by atoms with E-state index >= 15 is 4.39 Å². The van der Waals surface area contributed by atoms with E-state index in [0.29, 0.717) is 46.8 Å². The number of benzene rings is 3. The maximum atomic E-state index is 17.0. The van der Waals surface area contributed by atoms with Crippen LogP contribution in [0.1, 0.15) is 44.6 Å². The number of anilines is 1. The maximum Gasteiger partial charge on any atom is 0.319 e. The van der Waals surface area contributed by atoms with Gasteiger partial charge in [0, 0.05) is 49.1 Å². The molecule has 4 fully saturated rings. The van der Waals surface area contributed by atoms with Gasteiger partial charge in [-0.05, 0) is 66.6 Å². The van der Waals surface area contributed by atoms with Gasteiger partial charge in [0.2, 0.25) is 0 Å². The monoisotopic (exact) mass is 603 g/mol.